The Balaban J connectivity index is 1.63. The van der Waals surface area contributed by atoms with Gasteiger partial charge in [-0.15, -0.1) is 0 Å². The van der Waals surface area contributed by atoms with Gasteiger partial charge in [-0.2, -0.15) is 5.10 Å². The molecule has 3 heterocycles. The first kappa shape index (κ1) is 17.4. The van der Waals surface area contributed by atoms with Crippen LogP contribution in [-0.2, 0) is 0 Å². The van der Waals surface area contributed by atoms with E-state index in [1.165, 1.54) is 12.8 Å². The summed E-state index contributed by atoms with van der Waals surface area (Å²) >= 11 is 0. The Labute approximate surface area is 165 Å². The summed E-state index contributed by atoms with van der Waals surface area (Å²) in [6, 6.07) is 8.84. The Morgan fingerprint density at radius 2 is 2.07 bits per heavy atom. The third-order valence-electron chi connectivity index (χ3n) is 6.29. The number of aryl methyl sites for hydroxylation is 1. The maximum absolute atomic E-state index is 13.5. The summed E-state index contributed by atoms with van der Waals surface area (Å²) in [5.74, 6) is 0.842. The number of benzene rings is 1. The quantitative estimate of drug-likeness (QED) is 0.672. The Bertz CT molecular complexity index is 1070. The van der Waals surface area contributed by atoms with Crippen LogP contribution in [0.5, 0.6) is 0 Å². The summed E-state index contributed by atoms with van der Waals surface area (Å²) in [5.41, 5.74) is 4.56. The van der Waals surface area contributed by atoms with Crippen molar-refractivity contribution in [3.8, 4) is 11.3 Å². The summed E-state index contributed by atoms with van der Waals surface area (Å²) in [6.07, 6.45) is 7.44. The van der Waals surface area contributed by atoms with E-state index in [2.05, 4.69) is 42.9 Å². The fourth-order valence-corrected chi connectivity index (χ4v) is 4.74. The molecule has 3 aromatic rings. The minimum atomic E-state index is 0.154. The molecule has 144 valence electrons. The first-order valence-corrected chi connectivity index (χ1v) is 10.3. The number of piperidine rings is 1. The number of carbonyl (C=O) groups is 1. The molecule has 0 radical (unpaired) electrons. The molecule has 1 amide bonds. The minimum Gasteiger partial charge on any atom is -0.335 e. The van der Waals surface area contributed by atoms with Gasteiger partial charge in [0.1, 0.15) is 0 Å². The molecule has 2 atom stereocenters. The molecule has 2 aromatic heterocycles. The average Bonchev–Trinajstić information content (AvgIpc) is 3.42. The Kier molecular flexibility index (Phi) is 4.00. The van der Waals surface area contributed by atoms with Gasteiger partial charge in [0.25, 0.3) is 5.91 Å². The van der Waals surface area contributed by atoms with Crippen molar-refractivity contribution >= 4 is 16.8 Å². The molecule has 1 aliphatic carbocycles. The number of amides is 1. The molecule has 0 unspecified atom stereocenters. The topological polar surface area (TPSA) is 51.0 Å². The zero-order valence-electron chi connectivity index (χ0n) is 16.7. The normalized spacial score (nSPS) is 21.2. The van der Waals surface area contributed by atoms with E-state index in [0.29, 0.717) is 12.0 Å². The van der Waals surface area contributed by atoms with Crippen LogP contribution in [0.3, 0.4) is 0 Å². The van der Waals surface area contributed by atoms with Crippen LogP contribution in [0.1, 0.15) is 55.1 Å². The smallest absolute Gasteiger partial charge is 0.254 e. The van der Waals surface area contributed by atoms with Crippen molar-refractivity contribution in [2.75, 3.05) is 6.54 Å². The van der Waals surface area contributed by atoms with E-state index in [1.807, 2.05) is 29.2 Å². The molecule has 1 saturated carbocycles. The second-order valence-corrected chi connectivity index (χ2v) is 8.67. The van der Waals surface area contributed by atoms with Crippen LogP contribution in [0, 0.1) is 12.8 Å². The molecule has 5 nitrogen and oxygen atoms in total. The molecule has 1 aromatic carbocycles. The van der Waals surface area contributed by atoms with E-state index < -0.39 is 0 Å². The van der Waals surface area contributed by atoms with Gasteiger partial charge >= 0.3 is 0 Å². The Morgan fingerprint density at radius 3 is 2.75 bits per heavy atom. The Hall–Kier alpha value is -2.69. The standard InChI is InChI=1S/C23H26N4O/c1-14(2)27-13-17(11-24-27)21-10-20(19-7-4-15(3)8-22(19)25-21)23(28)26-12-16-5-6-18(26)9-16/h4,7-8,10-11,13-14,16,18H,5-6,9,12H2,1-3H3/t16-,18-/m0/s1. The average molecular weight is 374 g/mol. The van der Waals surface area contributed by atoms with E-state index in [1.54, 1.807) is 0 Å². The van der Waals surface area contributed by atoms with Gasteiger partial charge in [-0.3, -0.25) is 9.48 Å². The highest BCUT2D eigenvalue weighted by atomic mass is 16.2. The zero-order chi connectivity index (χ0) is 19.4. The lowest BCUT2D eigenvalue weighted by atomic mass is 10.0. The van der Waals surface area contributed by atoms with Crippen molar-refractivity contribution in [2.45, 2.75) is 52.1 Å². The van der Waals surface area contributed by atoms with Crippen LogP contribution in [0.2, 0.25) is 0 Å². The maximum Gasteiger partial charge on any atom is 0.254 e. The highest BCUT2D eigenvalue weighted by Crippen LogP contribution is 2.39. The molecule has 5 rings (SSSR count). The van der Waals surface area contributed by atoms with Crippen molar-refractivity contribution < 1.29 is 4.79 Å². The van der Waals surface area contributed by atoms with Crippen molar-refractivity contribution in [1.82, 2.24) is 19.7 Å². The first-order valence-electron chi connectivity index (χ1n) is 10.3. The number of hydrogen-bond donors (Lipinski definition) is 0. The molecule has 1 saturated heterocycles. The van der Waals surface area contributed by atoms with Crippen molar-refractivity contribution in [3.63, 3.8) is 0 Å². The van der Waals surface area contributed by atoms with Crippen LogP contribution in [0.4, 0.5) is 0 Å². The van der Waals surface area contributed by atoms with Crippen LogP contribution in [-0.4, -0.2) is 38.2 Å². The van der Waals surface area contributed by atoms with Crippen LogP contribution < -0.4 is 0 Å². The van der Waals surface area contributed by atoms with Crippen LogP contribution >= 0.6 is 0 Å². The van der Waals surface area contributed by atoms with Crippen molar-refractivity contribution in [3.05, 3.63) is 47.8 Å². The summed E-state index contributed by atoms with van der Waals surface area (Å²) < 4.78 is 1.93. The molecule has 2 fully saturated rings. The highest BCUT2D eigenvalue weighted by Gasteiger charge is 2.40. The van der Waals surface area contributed by atoms with E-state index in [4.69, 9.17) is 4.98 Å². The summed E-state index contributed by atoms with van der Waals surface area (Å²) in [6.45, 7) is 7.17. The predicted molar refractivity (Wildman–Crippen MR) is 110 cm³/mol. The summed E-state index contributed by atoms with van der Waals surface area (Å²) in [7, 11) is 0. The maximum atomic E-state index is 13.5. The predicted octanol–water partition coefficient (Wildman–Crippen LogP) is 4.61. The van der Waals surface area contributed by atoms with Gasteiger partial charge in [-0.1, -0.05) is 12.1 Å². The molecule has 2 bridgehead atoms. The van der Waals surface area contributed by atoms with Crippen LogP contribution in [0.25, 0.3) is 22.2 Å². The lowest BCUT2D eigenvalue weighted by Gasteiger charge is -2.27. The third-order valence-corrected chi connectivity index (χ3v) is 6.29. The van der Waals surface area contributed by atoms with Gasteiger partial charge in [0.15, 0.2) is 0 Å². The minimum absolute atomic E-state index is 0.154. The van der Waals surface area contributed by atoms with Crippen molar-refractivity contribution in [1.29, 1.82) is 0 Å². The Morgan fingerprint density at radius 1 is 1.21 bits per heavy atom. The lowest BCUT2D eigenvalue weighted by molar-refractivity contribution is 0.0705. The highest BCUT2D eigenvalue weighted by molar-refractivity contribution is 6.07. The SMILES string of the molecule is Cc1ccc2c(C(=O)N3C[C@H]4CC[C@H]3C4)cc(-c3cnn(C(C)C)c3)nc2c1. The largest absolute Gasteiger partial charge is 0.335 e. The lowest BCUT2D eigenvalue weighted by Crippen LogP contribution is -2.37. The number of likely N-dealkylation sites (tertiary alicyclic amines) is 1. The molecule has 28 heavy (non-hydrogen) atoms. The molecule has 2 aliphatic rings. The second-order valence-electron chi connectivity index (χ2n) is 8.67. The molecule has 0 N–H and O–H groups in total. The number of hydrogen-bond acceptors (Lipinski definition) is 3. The van der Waals surface area contributed by atoms with E-state index in [9.17, 15) is 4.79 Å². The van der Waals surface area contributed by atoms with Gasteiger partial charge in [0.05, 0.1) is 23.0 Å². The summed E-state index contributed by atoms with van der Waals surface area (Å²) in [4.78, 5) is 20.5. The molecular weight excluding hydrogens is 348 g/mol. The number of rotatable bonds is 3. The molecule has 0 spiro atoms. The monoisotopic (exact) mass is 374 g/mol. The van der Waals surface area contributed by atoms with Gasteiger partial charge in [-0.25, -0.2) is 4.98 Å². The van der Waals surface area contributed by atoms with Gasteiger partial charge < -0.3 is 4.90 Å². The second kappa shape index (κ2) is 6.43. The van der Waals surface area contributed by atoms with Gasteiger partial charge in [0.2, 0.25) is 0 Å². The molecule has 5 heteroatoms. The fraction of sp³-hybridized carbons (Fsp3) is 0.435. The fourth-order valence-electron chi connectivity index (χ4n) is 4.74. The molecular formula is C23H26N4O. The number of carbonyl (C=O) groups excluding carboxylic acids is 1. The number of aromatic nitrogens is 3. The van der Waals surface area contributed by atoms with E-state index in [0.717, 1.165) is 46.3 Å². The number of nitrogens with zero attached hydrogens (tertiary/aromatic N) is 4. The van der Waals surface area contributed by atoms with Gasteiger partial charge in [0, 0.05) is 35.8 Å². The van der Waals surface area contributed by atoms with E-state index in [-0.39, 0.29) is 11.9 Å². The third kappa shape index (κ3) is 2.81. The van der Waals surface area contributed by atoms with E-state index >= 15 is 0 Å². The van der Waals surface area contributed by atoms with Gasteiger partial charge in [-0.05, 0) is 63.6 Å². The molecule has 1 aliphatic heterocycles. The summed E-state index contributed by atoms with van der Waals surface area (Å²) in [5, 5.41) is 5.40. The number of pyridine rings is 1. The zero-order valence-corrected chi connectivity index (χ0v) is 16.7. The number of fused-ring (bicyclic) bond motifs is 3. The van der Waals surface area contributed by atoms with Crippen molar-refractivity contribution in [2.24, 2.45) is 5.92 Å². The first-order chi connectivity index (χ1) is 13.5. The van der Waals surface area contributed by atoms with Crippen LogP contribution in [0.15, 0.2) is 36.7 Å².